The quantitative estimate of drug-likeness (QED) is 0.590. The first-order chi connectivity index (χ1) is 10.4. The average Bonchev–Trinajstić information content (AvgIpc) is 2.89. The van der Waals surface area contributed by atoms with Crippen LogP contribution >= 0.6 is 0 Å². The van der Waals surface area contributed by atoms with E-state index in [2.05, 4.69) is 9.97 Å². The Morgan fingerprint density at radius 3 is 2.55 bits per heavy atom. The summed E-state index contributed by atoms with van der Waals surface area (Å²) in [7, 11) is -3.52. The maximum Gasteiger partial charge on any atom is 0.281 e. The molecule has 0 aliphatic rings. The maximum atomic E-state index is 11.6. The van der Waals surface area contributed by atoms with Crippen molar-refractivity contribution in [3.63, 3.8) is 0 Å². The fourth-order valence-corrected chi connectivity index (χ4v) is 2.81. The molecule has 112 valence electrons. The van der Waals surface area contributed by atoms with E-state index in [1.165, 1.54) is 12.1 Å². The number of H-pyrrole nitrogens is 1. The van der Waals surface area contributed by atoms with Gasteiger partial charge in [0.05, 0.1) is 26.4 Å². The zero-order valence-corrected chi connectivity index (χ0v) is 12.3. The predicted octanol–water partition coefficient (Wildman–Crippen LogP) is 2.54. The molecule has 0 aliphatic heterocycles. The van der Waals surface area contributed by atoms with Crippen LogP contribution in [0.15, 0.2) is 47.4 Å². The number of nitro benzene ring substituents is 1. The number of rotatable bonds is 3. The normalized spacial score (nSPS) is 11.7. The fourth-order valence-electron chi connectivity index (χ4n) is 2.17. The molecule has 7 nitrogen and oxygen atoms in total. The molecule has 0 bridgehead atoms. The minimum Gasteiger partial charge on any atom is -0.338 e. The van der Waals surface area contributed by atoms with Crippen LogP contribution in [0.5, 0.6) is 0 Å². The zero-order chi connectivity index (χ0) is 15.9. The Kier molecular flexibility index (Phi) is 3.18. The molecule has 0 saturated carbocycles. The molecule has 1 N–H and O–H groups in total. The molecule has 0 amide bonds. The van der Waals surface area contributed by atoms with Crippen molar-refractivity contribution in [3.05, 3.63) is 52.6 Å². The minimum absolute atomic E-state index is 0.0981. The predicted molar refractivity (Wildman–Crippen MR) is 81.3 cm³/mol. The van der Waals surface area contributed by atoms with Gasteiger partial charge in [-0.15, -0.1) is 0 Å². The second kappa shape index (κ2) is 4.92. The van der Waals surface area contributed by atoms with E-state index in [-0.39, 0.29) is 16.1 Å². The number of fused-ring (bicyclic) bond motifs is 1. The van der Waals surface area contributed by atoms with Gasteiger partial charge >= 0.3 is 0 Å². The van der Waals surface area contributed by atoms with Crippen molar-refractivity contribution in [2.45, 2.75) is 4.90 Å². The molecule has 0 saturated heterocycles. The number of hydrogen-bond acceptors (Lipinski definition) is 5. The smallest absolute Gasteiger partial charge is 0.281 e. The molecule has 2 aromatic carbocycles. The fraction of sp³-hybridized carbons (Fsp3) is 0.0714. The van der Waals surface area contributed by atoms with Gasteiger partial charge in [0.15, 0.2) is 9.84 Å². The first-order valence-electron chi connectivity index (χ1n) is 6.30. The number of aromatic nitrogens is 2. The third-order valence-electron chi connectivity index (χ3n) is 3.24. The van der Waals surface area contributed by atoms with Crippen molar-refractivity contribution in [3.8, 4) is 11.4 Å². The van der Waals surface area contributed by atoms with E-state index in [0.717, 1.165) is 17.8 Å². The molecule has 8 heteroatoms. The molecule has 0 aliphatic carbocycles. The number of aromatic amines is 1. The van der Waals surface area contributed by atoms with Crippen molar-refractivity contribution < 1.29 is 13.3 Å². The average molecular weight is 317 g/mol. The number of nitro groups is 1. The Balaban J connectivity index is 2.23. The summed E-state index contributed by atoms with van der Waals surface area (Å²) in [5.74, 6) is 0.327. The number of imidazole rings is 1. The van der Waals surface area contributed by atoms with Crippen molar-refractivity contribution in [2.24, 2.45) is 0 Å². The number of nitrogens with one attached hydrogen (secondary N) is 1. The van der Waals surface area contributed by atoms with Gasteiger partial charge in [-0.3, -0.25) is 10.1 Å². The summed E-state index contributed by atoms with van der Waals surface area (Å²) >= 11 is 0. The van der Waals surface area contributed by atoms with E-state index >= 15 is 0 Å². The van der Waals surface area contributed by atoms with E-state index in [1.54, 1.807) is 6.07 Å². The van der Waals surface area contributed by atoms with Gasteiger partial charge < -0.3 is 4.98 Å². The number of nitrogens with zero attached hydrogens (tertiary/aromatic N) is 2. The van der Waals surface area contributed by atoms with Gasteiger partial charge in [0.25, 0.3) is 5.69 Å². The number of para-hydroxylation sites is 2. The second-order valence-electron chi connectivity index (χ2n) is 4.81. The highest BCUT2D eigenvalue weighted by Crippen LogP contribution is 2.31. The molecular weight excluding hydrogens is 306 g/mol. The first-order valence-corrected chi connectivity index (χ1v) is 8.19. The molecule has 0 atom stereocenters. The van der Waals surface area contributed by atoms with Gasteiger partial charge in [-0.05, 0) is 24.3 Å². The largest absolute Gasteiger partial charge is 0.338 e. The topological polar surface area (TPSA) is 106 Å². The lowest BCUT2D eigenvalue weighted by atomic mass is 10.1. The van der Waals surface area contributed by atoms with Crippen LogP contribution in [0, 0.1) is 10.1 Å². The molecule has 3 aromatic rings. The zero-order valence-electron chi connectivity index (χ0n) is 11.5. The Morgan fingerprint density at radius 2 is 1.91 bits per heavy atom. The third kappa shape index (κ3) is 2.44. The van der Waals surface area contributed by atoms with Crippen molar-refractivity contribution in [1.29, 1.82) is 0 Å². The lowest BCUT2D eigenvalue weighted by molar-refractivity contribution is -0.384. The Morgan fingerprint density at radius 1 is 1.18 bits per heavy atom. The lowest BCUT2D eigenvalue weighted by Gasteiger charge is -2.02. The number of hydrogen-bond donors (Lipinski definition) is 1. The van der Waals surface area contributed by atoms with Crippen LogP contribution in [0.3, 0.4) is 0 Å². The summed E-state index contributed by atoms with van der Waals surface area (Å²) in [6.45, 7) is 0. The Labute approximate surface area is 125 Å². The van der Waals surface area contributed by atoms with Crippen molar-refractivity contribution in [2.75, 3.05) is 6.26 Å². The molecule has 0 spiro atoms. The highest BCUT2D eigenvalue weighted by Gasteiger charge is 2.21. The van der Waals surface area contributed by atoms with Gasteiger partial charge in [-0.25, -0.2) is 13.4 Å². The molecule has 22 heavy (non-hydrogen) atoms. The van der Waals surface area contributed by atoms with E-state index in [1.807, 2.05) is 18.2 Å². The van der Waals surface area contributed by atoms with Gasteiger partial charge in [0.1, 0.15) is 5.82 Å². The summed E-state index contributed by atoms with van der Waals surface area (Å²) < 4.78 is 23.1. The second-order valence-corrected chi connectivity index (χ2v) is 6.83. The van der Waals surface area contributed by atoms with Crippen LogP contribution < -0.4 is 0 Å². The summed E-state index contributed by atoms with van der Waals surface area (Å²) in [5, 5.41) is 11.3. The summed E-state index contributed by atoms with van der Waals surface area (Å²) in [6, 6.07) is 11.0. The molecule has 3 rings (SSSR count). The van der Waals surface area contributed by atoms with Crippen LogP contribution in [-0.4, -0.2) is 29.6 Å². The van der Waals surface area contributed by atoms with E-state index in [9.17, 15) is 18.5 Å². The molecule has 0 fully saturated rings. The SMILES string of the molecule is CS(=O)(=O)c1ccc(-c2nc3ccccc3[nH]2)c([N+](=O)[O-])c1. The molecule has 1 aromatic heterocycles. The van der Waals surface area contributed by atoms with Gasteiger partial charge in [0.2, 0.25) is 0 Å². The van der Waals surface area contributed by atoms with E-state index in [0.29, 0.717) is 11.3 Å². The first kappa shape index (κ1) is 14.2. The molecule has 0 radical (unpaired) electrons. The highest BCUT2D eigenvalue weighted by molar-refractivity contribution is 7.90. The molecule has 1 heterocycles. The lowest BCUT2D eigenvalue weighted by Crippen LogP contribution is -2.00. The van der Waals surface area contributed by atoms with Crippen LogP contribution in [0.25, 0.3) is 22.4 Å². The molecule has 0 unspecified atom stereocenters. The van der Waals surface area contributed by atoms with Crippen molar-refractivity contribution in [1.82, 2.24) is 9.97 Å². The summed E-state index contributed by atoms with van der Waals surface area (Å²) in [4.78, 5) is 17.9. The van der Waals surface area contributed by atoms with Gasteiger partial charge in [-0.2, -0.15) is 0 Å². The summed E-state index contributed by atoms with van der Waals surface area (Å²) in [5.41, 5.74) is 1.37. The van der Waals surface area contributed by atoms with Crippen LogP contribution in [0.4, 0.5) is 5.69 Å². The number of benzene rings is 2. The monoisotopic (exact) mass is 317 g/mol. The third-order valence-corrected chi connectivity index (χ3v) is 4.35. The van der Waals surface area contributed by atoms with Crippen LogP contribution in [0.2, 0.25) is 0 Å². The van der Waals surface area contributed by atoms with Crippen LogP contribution in [-0.2, 0) is 9.84 Å². The Hall–Kier alpha value is -2.74. The minimum atomic E-state index is -3.52. The van der Waals surface area contributed by atoms with Gasteiger partial charge in [0, 0.05) is 12.3 Å². The molecular formula is C14H11N3O4S. The van der Waals surface area contributed by atoms with Crippen LogP contribution in [0.1, 0.15) is 0 Å². The number of sulfone groups is 1. The Bertz CT molecular complexity index is 959. The standard InChI is InChI=1S/C14H11N3O4S/c1-22(20,21)9-6-7-10(13(8-9)17(18)19)14-15-11-4-2-3-5-12(11)16-14/h2-8H,1H3,(H,15,16). The van der Waals surface area contributed by atoms with E-state index in [4.69, 9.17) is 0 Å². The van der Waals surface area contributed by atoms with Crippen molar-refractivity contribution >= 4 is 26.6 Å². The summed E-state index contributed by atoms with van der Waals surface area (Å²) in [6.07, 6.45) is 1.01. The van der Waals surface area contributed by atoms with Gasteiger partial charge in [-0.1, -0.05) is 12.1 Å². The maximum absolute atomic E-state index is 11.6. The highest BCUT2D eigenvalue weighted by atomic mass is 32.2. The van der Waals surface area contributed by atoms with E-state index < -0.39 is 14.8 Å².